The fraction of sp³-hybridized carbons (Fsp3) is 0.571. The van der Waals surface area contributed by atoms with Crippen LogP contribution < -0.4 is 4.90 Å². The molecule has 0 radical (unpaired) electrons. The molecule has 1 fully saturated rings. The highest BCUT2D eigenvalue weighted by molar-refractivity contribution is 5.90. The van der Waals surface area contributed by atoms with Crippen molar-refractivity contribution in [1.82, 2.24) is 9.88 Å². The third kappa shape index (κ3) is 3.51. The molecule has 0 spiro atoms. The van der Waals surface area contributed by atoms with Crippen LogP contribution in [-0.4, -0.2) is 60.6 Å². The van der Waals surface area contributed by atoms with Crippen LogP contribution in [0.2, 0.25) is 0 Å². The van der Waals surface area contributed by atoms with Crippen molar-refractivity contribution >= 4 is 17.5 Å². The molecule has 0 atom stereocenters. The molecular formula is C14H20N4O4. The van der Waals surface area contributed by atoms with Gasteiger partial charge in [-0.15, -0.1) is 0 Å². The number of piperazine rings is 1. The van der Waals surface area contributed by atoms with Gasteiger partial charge in [0.2, 0.25) is 5.82 Å². The summed E-state index contributed by atoms with van der Waals surface area (Å²) in [6, 6.07) is 1.23. The van der Waals surface area contributed by atoms with Crippen LogP contribution in [0.4, 0.5) is 11.5 Å². The van der Waals surface area contributed by atoms with E-state index in [1.165, 1.54) is 19.4 Å². The Morgan fingerprint density at radius 1 is 1.41 bits per heavy atom. The van der Waals surface area contributed by atoms with Crippen LogP contribution >= 0.6 is 0 Å². The number of anilines is 1. The molecular weight excluding hydrogens is 288 g/mol. The van der Waals surface area contributed by atoms with Crippen LogP contribution in [0.15, 0.2) is 12.3 Å². The zero-order valence-corrected chi connectivity index (χ0v) is 12.8. The maximum Gasteiger partial charge on any atom is 0.339 e. The first-order valence-electron chi connectivity index (χ1n) is 7.26. The highest BCUT2D eigenvalue weighted by Gasteiger charge is 2.26. The normalized spacial score (nSPS) is 15.6. The summed E-state index contributed by atoms with van der Waals surface area (Å²) in [7, 11) is 1.23. The Morgan fingerprint density at radius 3 is 2.64 bits per heavy atom. The molecule has 0 aromatic carbocycles. The third-order valence-electron chi connectivity index (χ3n) is 3.68. The zero-order chi connectivity index (χ0) is 16.1. The molecule has 8 heteroatoms. The number of nitro groups is 1. The predicted molar refractivity (Wildman–Crippen MR) is 81.2 cm³/mol. The highest BCUT2D eigenvalue weighted by atomic mass is 16.6. The molecule has 2 heterocycles. The van der Waals surface area contributed by atoms with E-state index in [1.807, 2.05) is 4.90 Å². The van der Waals surface area contributed by atoms with Crippen molar-refractivity contribution in [2.75, 3.05) is 44.7 Å². The molecule has 1 aliphatic rings. The minimum Gasteiger partial charge on any atom is -0.465 e. The van der Waals surface area contributed by atoms with Crippen molar-refractivity contribution in [2.45, 2.75) is 13.3 Å². The lowest BCUT2D eigenvalue weighted by Crippen LogP contribution is -2.47. The lowest BCUT2D eigenvalue weighted by molar-refractivity contribution is -0.384. The van der Waals surface area contributed by atoms with Crippen molar-refractivity contribution in [3.63, 3.8) is 0 Å². The molecule has 1 aromatic heterocycles. The third-order valence-corrected chi connectivity index (χ3v) is 3.68. The van der Waals surface area contributed by atoms with Gasteiger partial charge in [0.1, 0.15) is 0 Å². The van der Waals surface area contributed by atoms with Crippen molar-refractivity contribution in [3.05, 3.63) is 27.9 Å². The van der Waals surface area contributed by atoms with E-state index in [4.69, 9.17) is 0 Å². The summed E-state index contributed by atoms with van der Waals surface area (Å²) in [5.41, 5.74) is -0.0746. The number of rotatable bonds is 5. The van der Waals surface area contributed by atoms with Gasteiger partial charge >= 0.3 is 11.7 Å². The fourth-order valence-corrected chi connectivity index (χ4v) is 2.55. The van der Waals surface area contributed by atoms with Crippen molar-refractivity contribution in [1.29, 1.82) is 0 Å². The monoisotopic (exact) mass is 308 g/mol. The van der Waals surface area contributed by atoms with Crippen LogP contribution in [0.25, 0.3) is 0 Å². The van der Waals surface area contributed by atoms with Gasteiger partial charge in [0.25, 0.3) is 0 Å². The Kier molecular flexibility index (Phi) is 5.26. The summed E-state index contributed by atoms with van der Waals surface area (Å²) < 4.78 is 4.58. The number of aromatic nitrogens is 1. The molecule has 0 N–H and O–H groups in total. The van der Waals surface area contributed by atoms with Gasteiger partial charge in [0, 0.05) is 38.4 Å². The number of pyridine rings is 1. The van der Waals surface area contributed by atoms with E-state index in [-0.39, 0.29) is 11.3 Å². The molecule has 1 aliphatic heterocycles. The Bertz CT molecular complexity index is 556. The van der Waals surface area contributed by atoms with Gasteiger partial charge in [-0.25, -0.2) is 9.78 Å². The van der Waals surface area contributed by atoms with E-state index in [0.717, 1.165) is 26.1 Å². The van der Waals surface area contributed by atoms with Gasteiger partial charge in [0.05, 0.1) is 17.6 Å². The largest absolute Gasteiger partial charge is 0.465 e. The second-order valence-corrected chi connectivity index (χ2v) is 5.14. The minimum absolute atomic E-state index is 0.0857. The average Bonchev–Trinajstić information content (AvgIpc) is 2.54. The van der Waals surface area contributed by atoms with E-state index in [9.17, 15) is 14.9 Å². The number of methoxy groups -OCH3 is 1. The second-order valence-electron chi connectivity index (χ2n) is 5.14. The molecule has 1 aromatic rings. The van der Waals surface area contributed by atoms with Crippen molar-refractivity contribution in [2.24, 2.45) is 0 Å². The number of nitrogens with zero attached hydrogens (tertiary/aromatic N) is 4. The summed E-state index contributed by atoms with van der Waals surface area (Å²) >= 11 is 0. The summed E-state index contributed by atoms with van der Waals surface area (Å²) in [5.74, 6) is -0.316. The number of carbonyl (C=O) groups is 1. The van der Waals surface area contributed by atoms with Gasteiger partial charge < -0.3 is 9.64 Å². The number of hydrogen-bond donors (Lipinski definition) is 0. The van der Waals surface area contributed by atoms with Gasteiger partial charge in [0.15, 0.2) is 0 Å². The maximum absolute atomic E-state index is 11.5. The standard InChI is InChI=1S/C14H20N4O4/c1-3-4-16-5-7-17(8-6-16)13-12(18(20)21)9-11(10-15-13)14(19)22-2/h9-10H,3-8H2,1-2H3. The molecule has 22 heavy (non-hydrogen) atoms. The first kappa shape index (κ1) is 16.2. The van der Waals surface area contributed by atoms with Crippen molar-refractivity contribution < 1.29 is 14.5 Å². The molecule has 0 amide bonds. The maximum atomic E-state index is 11.5. The summed E-state index contributed by atoms with van der Waals surface area (Å²) in [6.45, 7) is 6.24. The summed E-state index contributed by atoms with van der Waals surface area (Å²) in [6.07, 6.45) is 2.42. The average molecular weight is 308 g/mol. The zero-order valence-electron chi connectivity index (χ0n) is 12.8. The Hall–Kier alpha value is -2.22. The van der Waals surface area contributed by atoms with Gasteiger partial charge in [-0.3, -0.25) is 15.0 Å². The molecule has 2 rings (SSSR count). The second kappa shape index (κ2) is 7.17. The highest BCUT2D eigenvalue weighted by Crippen LogP contribution is 2.27. The van der Waals surface area contributed by atoms with E-state index < -0.39 is 10.9 Å². The van der Waals surface area contributed by atoms with Gasteiger partial charge in [-0.05, 0) is 13.0 Å². The Morgan fingerprint density at radius 2 is 2.09 bits per heavy atom. The Balaban J connectivity index is 2.20. The molecule has 0 unspecified atom stereocenters. The topological polar surface area (TPSA) is 88.8 Å². The van der Waals surface area contributed by atoms with Gasteiger partial charge in [-0.1, -0.05) is 6.92 Å². The quantitative estimate of drug-likeness (QED) is 0.460. The van der Waals surface area contributed by atoms with Crippen LogP contribution in [-0.2, 0) is 4.74 Å². The first-order chi connectivity index (χ1) is 10.6. The number of esters is 1. The molecule has 8 nitrogen and oxygen atoms in total. The summed E-state index contributed by atoms with van der Waals surface area (Å²) in [5, 5.41) is 11.3. The molecule has 0 aliphatic carbocycles. The molecule has 0 saturated carbocycles. The lowest BCUT2D eigenvalue weighted by atomic mass is 10.2. The SMILES string of the molecule is CCCN1CCN(c2ncc(C(=O)OC)cc2[N+](=O)[O-])CC1. The van der Waals surface area contributed by atoms with E-state index in [2.05, 4.69) is 21.5 Å². The first-order valence-corrected chi connectivity index (χ1v) is 7.26. The molecule has 1 saturated heterocycles. The van der Waals surface area contributed by atoms with Crippen LogP contribution in [0.5, 0.6) is 0 Å². The predicted octanol–water partition coefficient (Wildman–Crippen LogP) is 1.31. The Labute approximate surface area is 128 Å². The van der Waals surface area contributed by atoms with E-state index in [1.54, 1.807) is 0 Å². The van der Waals surface area contributed by atoms with E-state index in [0.29, 0.717) is 18.9 Å². The van der Waals surface area contributed by atoms with Gasteiger partial charge in [-0.2, -0.15) is 0 Å². The van der Waals surface area contributed by atoms with Crippen molar-refractivity contribution in [3.8, 4) is 0 Å². The fourth-order valence-electron chi connectivity index (χ4n) is 2.55. The summed E-state index contributed by atoms with van der Waals surface area (Å²) in [4.78, 5) is 30.6. The van der Waals surface area contributed by atoms with E-state index >= 15 is 0 Å². The minimum atomic E-state index is -0.630. The van der Waals surface area contributed by atoms with Crippen LogP contribution in [0, 0.1) is 10.1 Å². The lowest BCUT2D eigenvalue weighted by Gasteiger charge is -2.34. The van der Waals surface area contributed by atoms with Crippen LogP contribution in [0.3, 0.4) is 0 Å². The number of carbonyl (C=O) groups excluding carboxylic acids is 1. The number of ether oxygens (including phenoxy) is 1. The van der Waals surface area contributed by atoms with Crippen LogP contribution in [0.1, 0.15) is 23.7 Å². The molecule has 0 bridgehead atoms. The smallest absolute Gasteiger partial charge is 0.339 e. The number of hydrogen-bond acceptors (Lipinski definition) is 7. The molecule has 120 valence electrons.